The van der Waals surface area contributed by atoms with Gasteiger partial charge in [0.15, 0.2) is 5.58 Å². The van der Waals surface area contributed by atoms with Crippen LogP contribution in [-0.2, 0) is 17.2 Å². The minimum absolute atomic E-state index is 0.197. The highest BCUT2D eigenvalue weighted by atomic mass is 32.2. The number of anilines is 2. The van der Waals surface area contributed by atoms with E-state index in [2.05, 4.69) is 15.4 Å². The van der Waals surface area contributed by atoms with Crippen LogP contribution in [-0.4, -0.2) is 44.2 Å². The Hall–Kier alpha value is -3.14. The number of aromatic nitrogens is 3. The van der Waals surface area contributed by atoms with Crippen molar-refractivity contribution in [2.45, 2.75) is 42.5 Å². The molecule has 0 saturated carbocycles. The third kappa shape index (κ3) is 3.89. The van der Waals surface area contributed by atoms with Gasteiger partial charge in [-0.2, -0.15) is 4.98 Å². The van der Waals surface area contributed by atoms with E-state index in [1.165, 1.54) is 18.2 Å². The lowest BCUT2D eigenvalue weighted by Crippen LogP contribution is -2.35. The van der Waals surface area contributed by atoms with Gasteiger partial charge in [-0.05, 0) is 31.1 Å². The number of benzene rings is 1. The fraction of sp³-hybridized carbons (Fsp3) is 0.375. The topological polar surface area (TPSA) is 84.2 Å². The monoisotopic (exact) mass is 483 g/mol. The van der Waals surface area contributed by atoms with Gasteiger partial charge in [0.2, 0.25) is 5.95 Å². The molecule has 3 aromatic rings. The van der Waals surface area contributed by atoms with Gasteiger partial charge in [-0.15, -0.1) is 0 Å². The first-order chi connectivity index (χ1) is 16.5. The molecule has 1 N–H and O–H groups in total. The smallest absolute Gasteiger partial charge is 0.227 e. The van der Waals surface area contributed by atoms with Crippen molar-refractivity contribution in [3.05, 3.63) is 59.5 Å². The summed E-state index contributed by atoms with van der Waals surface area (Å²) in [6, 6.07) is 4.27. The van der Waals surface area contributed by atoms with Gasteiger partial charge < -0.3 is 14.7 Å². The number of halogens is 2. The third-order valence-corrected chi connectivity index (χ3v) is 8.12. The molecule has 0 radical (unpaired) electrons. The Bertz CT molecular complexity index is 1350. The van der Waals surface area contributed by atoms with E-state index >= 15 is 0 Å². The van der Waals surface area contributed by atoms with E-state index in [1.807, 2.05) is 6.08 Å². The summed E-state index contributed by atoms with van der Waals surface area (Å²) in [4.78, 5) is 12.3. The number of nitrogens with zero attached hydrogens (tertiary/aromatic N) is 4. The third-order valence-electron chi connectivity index (χ3n) is 6.66. The summed E-state index contributed by atoms with van der Waals surface area (Å²) in [6.07, 6.45) is 7.55. The van der Waals surface area contributed by atoms with Gasteiger partial charge in [0.1, 0.15) is 22.4 Å². The molecule has 2 aromatic heterocycles. The molecule has 4 heterocycles. The van der Waals surface area contributed by atoms with Crippen LogP contribution in [0.5, 0.6) is 0 Å². The average Bonchev–Trinajstić information content (AvgIpc) is 3.42. The summed E-state index contributed by atoms with van der Waals surface area (Å²) in [7, 11) is -1.16. The molecule has 1 aliphatic carbocycles. The summed E-state index contributed by atoms with van der Waals surface area (Å²) >= 11 is 0. The van der Waals surface area contributed by atoms with E-state index in [-0.39, 0.29) is 30.0 Å². The predicted molar refractivity (Wildman–Crippen MR) is 126 cm³/mol. The van der Waals surface area contributed by atoms with Crippen molar-refractivity contribution in [2.75, 3.05) is 29.1 Å². The van der Waals surface area contributed by atoms with Crippen molar-refractivity contribution in [3.63, 3.8) is 0 Å². The average molecular weight is 484 g/mol. The minimum Gasteiger partial charge on any atom is -0.362 e. The second-order valence-electron chi connectivity index (χ2n) is 8.87. The van der Waals surface area contributed by atoms with Crippen LogP contribution in [0, 0.1) is 5.82 Å². The molecule has 176 valence electrons. The van der Waals surface area contributed by atoms with Crippen LogP contribution >= 0.6 is 0 Å². The van der Waals surface area contributed by atoms with E-state index < -0.39 is 10.8 Å². The van der Waals surface area contributed by atoms with Crippen LogP contribution in [0.4, 0.5) is 20.5 Å². The molecule has 10 heteroatoms. The fourth-order valence-electron chi connectivity index (χ4n) is 4.92. The number of hydrogen-bond acceptors (Lipinski definition) is 7. The quantitative estimate of drug-likeness (QED) is 0.589. The lowest BCUT2D eigenvalue weighted by atomic mass is 9.92. The Morgan fingerprint density at radius 1 is 1.18 bits per heavy atom. The van der Waals surface area contributed by atoms with Crippen molar-refractivity contribution >= 4 is 33.5 Å². The Morgan fingerprint density at radius 2 is 2.03 bits per heavy atom. The number of allylic oxidation sites excluding steroid dienone is 2. The van der Waals surface area contributed by atoms with E-state index in [9.17, 15) is 13.0 Å². The first-order valence-electron chi connectivity index (χ1n) is 11.4. The highest BCUT2D eigenvalue weighted by Crippen LogP contribution is 2.36. The van der Waals surface area contributed by atoms with E-state index in [1.54, 1.807) is 12.1 Å². The Balaban J connectivity index is 1.23. The van der Waals surface area contributed by atoms with Crippen LogP contribution in [0.3, 0.4) is 0 Å². The van der Waals surface area contributed by atoms with Gasteiger partial charge in [-0.25, -0.2) is 13.8 Å². The van der Waals surface area contributed by atoms with Gasteiger partial charge in [-0.3, -0.25) is 4.21 Å². The SMILES string of the molecule is O=S1CCc2nc(N3CCC(c4noc5cc(F)ccc45)CC3)nc(NC3C=CC=C(F)C3)c21. The summed E-state index contributed by atoms with van der Waals surface area (Å²) < 4.78 is 45.2. The normalized spacial score (nSPS) is 22.8. The van der Waals surface area contributed by atoms with Crippen LogP contribution in [0.2, 0.25) is 0 Å². The van der Waals surface area contributed by atoms with E-state index in [0.717, 1.165) is 42.7 Å². The molecule has 0 spiro atoms. The Morgan fingerprint density at radius 3 is 2.85 bits per heavy atom. The molecule has 1 aromatic carbocycles. The minimum atomic E-state index is -1.16. The maximum Gasteiger partial charge on any atom is 0.227 e. The number of piperidine rings is 1. The molecule has 0 bridgehead atoms. The van der Waals surface area contributed by atoms with Crippen molar-refractivity contribution in [3.8, 4) is 0 Å². The number of aryl methyl sites for hydroxylation is 1. The van der Waals surface area contributed by atoms with Crippen LogP contribution in [0.25, 0.3) is 11.0 Å². The summed E-state index contributed by atoms with van der Waals surface area (Å²) in [5, 5.41) is 8.36. The molecular weight excluding hydrogens is 460 g/mol. The molecule has 2 aliphatic heterocycles. The van der Waals surface area contributed by atoms with Crippen LogP contribution in [0.15, 0.2) is 51.7 Å². The zero-order chi connectivity index (χ0) is 23.2. The molecule has 1 fully saturated rings. The van der Waals surface area contributed by atoms with Crippen molar-refractivity contribution in [2.24, 2.45) is 0 Å². The van der Waals surface area contributed by atoms with E-state index in [4.69, 9.17) is 14.5 Å². The van der Waals surface area contributed by atoms with Gasteiger partial charge in [0, 0.05) is 49.1 Å². The first-order valence-corrected chi connectivity index (χ1v) is 12.8. The highest BCUT2D eigenvalue weighted by molar-refractivity contribution is 7.85. The summed E-state index contributed by atoms with van der Waals surface area (Å²) in [5.41, 5.74) is 2.13. The molecule has 2 unspecified atom stereocenters. The molecule has 34 heavy (non-hydrogen) atoms. The maximum absolute atomic E-state index is 13.8. The Kier molecular flexibility index (Phi) is 5.40. The molecule has 7 nitrogen and oxygen atoms in total. The molecule has 1 saturated heterocycles. The summed E-state index contributed by atoms with van der Waals surface area (Å²) in [6.45, 7) is 1.45. The molecule has 3 aliphatic rings. The van der Waals surface area contributed by atoms with Gasteiger partial charge >= 0.3 is 0 Å². The molecular formula is C24H23F2N5O2S. The van der Waals surface area contributed by atoms with Crippen molar-refractivity contribution in [1.82, 2.24) is 15.1 Å². The van der Waals surface area contributed by atoms with Gasteiger partial charge in [0.05, 0.1) is 28.2 Å². The molecule has 6 rings (SSSR count). The number of hydrogen-bond donors (Lipinski definition) is 1. The predicted octanol–water partition coefficient (Wildman–Crippen LogP) is 4.40. The Labute approximate surface area is 197 Å². The van der Waals surface area contributed by atoms with Crippen LogP contribution < -0.4 is 10.2 Å². The molecule has 2 atom stereocenters. The second kappa shape index (κ2) is 8.57. The largest absolute Gasteiger partial charge is 0.362 e. The van der Waals surface area contributed by atoms with Gasteiger partial charge in [0.25, 0.3) is 0 Å². The van der Waals surface area contributed by atoms with Crippen LogP contribution in [0.1, 0.15) is 36.6 Å². The lowest BCUT2D eigenvalue weighted by Gasteiger charge is -2.32. The van der Waals surface area contributed by atoms with Crippen molar-refractivity contribution in [1.29, 1.82) is 0 Å². The molecule has 0 amide bonds. The maximum atomic E-state index is 13.8. The lowest BCUT2D eigenvalue weighted by molar-refractivity contribution is 0.415. The zero-order valence-corrected chi connectivity index (χ0v) is 19.2. The first kappa shape index (κ1) is 21.4. The van der Waals surface area contributed by atoms with Crippen molar-refractivity contribution < 1.29 is 17.5 Å². The standard InChI is InChI=1S/C24H23F2N5O2S/c25-15-2-1-3-17(12-15)27-23-22-19(8-11-34(22)32)28-24(29-23)31-9-6-14(7-10-31)21-18-5-4-16(26)13-20(18)33-30-21/h1-5,13-14,17H,6-12H2,(H,27,28,29). The van der Waals surface area contributed by atoms with E-state index in [0.29, 0.717) is 34.4 Å². The summed E-state index contributed by atoms with van der Waals surface area (Å²) in [5.74, 6) is 1.32. The fourth-order valence-corrected chi connectivity index (χ4v) is 6.23. The number of fused-ring (bicyclic) bond motifs is 2. The second-order valence-corrected chi connectivity index (χ2v) is 10.4. The number of nitrogens with one attached hydrogen (secondary N) is 1. The highest BCUT2D eigenvalue weighted by Gasteiger charge is 2.31. The van der Waals surface area contributed by atoms with Gasteiger partial charge in [-0.1, -0.05) is 17.3 Å². The number of rotatable bonds is 4. The zero-order valence-electron chi connectivity index (χ0n) is 18.3.